The van der Waals surface area contributed by atoms with Gasteiger partial charge in [0, 0.05) is 17.4 Å². The normalized spacial score (nSPS) is 23.8. The van der Waals surface area contributed by atoms with Crippen molar-refractivity contribution in [2.75, 3.05) is 13.7 Å². The Kier molecular flexibility index (Phi) is 4.48. The molecule has 110 valence electrons. The smallest absolute Gasteiger partial charge is 0.324 e. The summed E-state index contributed by atoms with van der Waals surface area (Å²) in [7, 11) is -2.69. The van der Waals surface area contributed by atoms with Crippen LogP contribution in [0.25, 0.3) is 0 Å². The zero-order valence-corrected chi connectivity index (χ0v) is 13.1. The molecule has 0 aliphatic carbocycles. The number of methoxy groups -OCH3 is 1. The van der Waals surface area contributed by atoms with E-state index in [2.05, 4.69) is 20.7 Å². The number of esters is 1. The molecule has 1 saturated heterocycles. The molecule has 0 spiro atoms. The van der Waals surface area contributed by atoms with Crippen LogP contribution in [0, 0.1) is 0 Å². The Morgan fingerprint density at radius 1 is 1.45 bits per heavy atom. The van der Waals surface area contributed by atoms with Crippen molar-refractivity contribution in [3.8, 4) is 0 Å². The highest BCUT2D eigenvalue weighted by atomic mass is 79.9. The lowest BCUT2D eigenvalue weighted by atomic mass is 10.2. The predicted octanol–water partition coefficient (Wildman–Crippen LogP) is 0.746. The number of hydrogen-bond donors (Lipinski definition) is 1. The molecule has 1 heterocycles. The zero-order valence-electron chi connectivity index (χ0n) is 10.7. The molecular formula is C12H14BrNO5S. The van der Waals surface area contributed by atoms with Crippen molar-refractivity contribution >= 4 is 31.9 Å². The summed E-state index contributed by atoms with van der Waals surface area (Å²) < 4.78 is 31.2. The Balaban J connectivity index is 2.43. The molecule has 2 atom stereocenters. The summed E-state index contributed by atoms with van der Waals surface area (Å²) in [6, 6.07) is 5.34. The molecule has 0 amide bonds. The molecule has 2 rings (SSSR count). The standard InChI is InChI=1S/C12H14BrNO5S/c1-19-12(16)10-6-8(15)7-14(10)20(17,18)11-5-3-2-4-9(11)13/h2-5,8,10,15H,6-7H2,1H3/t8-,10+/m1/s1. The van der Waals surface area contributed by atoms with Crippen LogP contribution in [0.3, 0.4) is 0 Å². The number of rotatable bonds is 3. The lowest BCUT2D eigenvalue weighted by molar-refractivity contribution is -0.144. The van der Waals surface area contributed by atoms with Crippen molar-refractivity contribution < 1.29 is 23.1 Å². The first kappa shape index (κ1) is 15.4. The maximum absolute atomic E-state index is 12.6. The van der Waals surface area contributed by atoms with Gasteiger partial charge in [-0.2, -0.15) is 4.31 Å². The van der Waals surface area contributed by atoms with Gasteiger partial charge in [0.1, 0.15) is 6.04 Å². The molecule has 0 aromatic heterocycles. The molecule has 1 fully saturated rings. The number of β-amino-alcohol motifs (C(OH)–C–C–N with tert-alkyl or cyclic N) is 1. The molecule has 0 unspecified atom stereocenters. The number of benzene rings is 1. The highest BCUT2D eigenvalue weighted by Crippen LogP contribution is 2.30. The zero-order chi connectivity index (χ0) is 14.9. The maximum atomic E-state index is 12.6. The molecule has 1 N–H and O–H groups in total. The fourth-order valence-electron chi connectivity index (χ4n) is 2.18. The van der Waals surface area contributed by atoms with Crippen LogP contribution in [0.15, 0.2) is 33.6 Å². The second kappa shape index (κ2) is 5.80. The van der Waals surface area contributed by atoms with Crippen LogP contribution < -0.4 is 0 Å². The fourth-order valence-corrected chi connectivity index (χ4v) is 4.77. The van der Waals surface area contributed by atoms with Gasteiger partial charge in [0.2, 0.25) is 10.0 Å². The van der Waals surface area contributed by atoms with E-state index in [1.165, 1.54) is 13.2 Å². The van der Waals surface area contributed by atoms with Crippen molar-refractivity contribution in [3.05, 3.63) is 28.7 Å². The summed E-state index contributed by atoms with van der Waals surface area (Å²) in [6.07, 6.45) is -0.840. The highest BCUT2D eigenvalue weighted by Gasteiger charge is 2.44. The molecule has 1 aliphatic heterocycles. The quantitative estimate of drug-likeness (QED) is 0.801. The molecule has 8 heteroatoms. The van der Waals surface area contributed by atoms with E-state index in [0.29, 0.717) is 4.47 Å². The minimum atomic E-state index is -3.88. The Bertz CT molecular complexity index is 618. The number of nitrogens with zero attached hydrogens (tertiary/aromatic N) is 1. The molecule has 0 bridgehead atoms. The van der Waals surface area contributed by atoms with Gasteiger partial charge in [0.15, 0.2) is 0 Å². The van der Waals surface area contributed by atoms with Crippen LogP contribution in [0.4, 0.5) is 0 Å². The van der Waals surface area contributed by atoms with E-state index in [9.17, 15) is 18.3 Å². The van der Waals surface area contributed by atoms with E-state index in [0.717, 1.165) is 4.31 Å². The lowest BCUT2D eigenvalue weighted by Crippen LogP contribution is -2.41. The van der Waals surface area contributed by atoms with Gasteiger partial charge in [0.25, 0.3) is 0 Å². The molecule has 6 nitrogen and oxygen atoms in total. The van der Waals surface area contributed by atoms with E-state index >= 15 is 0 Å². The minimum Gasteiger partial charge on any atom is -0.468 e. The summed E-state index contributed by atoms with van der Waals surface area (Å²) in [5.74, 6) is -0.669. The summed E-state index contributed by atoms with van der Waals surface area (Å²) in [5, 5.41) is 9.67. The van der Waals surface area contributed by atoms with Crippen LogP contribution in [0.1, 0.15) is 6.42 Å². The Hall–Kier alpha value is -0.960. The fraction of sp³-hybridized carbons (Fsp3) is 0.417. The van der Waals surface area contributed by atoms with Gasteiger partial charge in [-0.05, 0) is 28.1 Å². The van der Waals surface area contributed by atoms with Crippen LogP contribution in [-0.2, 0) is 19.6 Å². The Morgan fingerprint density at radius 2 is 2.10 bits per heavy atom. The van der Waals surface area contributed by atoms with Gasteiger partial charge in [-0.3, -0.25) is 4.79 Å². The van der Waals surface area contributed by atoms with Crippen LogP contribution in [0.5, 0.6) is 0 Å². The number of carbonyl (C=O) groups excluding carboxylic acids is 1. The Labute approximate surface area is 125 Å². The van der Waals surface area contributed by atoms with Crippen LogP contribution in [0.2, 0.25) is 0 Å². The summed E-state index contributed by atoms with van der Waals surface area (Å²) in [4.78, 5) is 11.7. The van der Waals surface area contributed by atoms with Crippen molar-refractivity contribution in [2.24, 2.45) is 0 Å². The maximum Gasteiger partial charge on any atom is 0.324 e. The van der Waals surface area contributed by atoms with E-state index in [-0.39, 0.29) is 17.9 Å². The van der Waals surface area contributed by atoms with E-state index in [4.69, 9.17) is 0 Å². The van der Waals surface area contributed by atoms with Crippen molar-refractivity contribution in [2.45, 2.75) is 23.5 Å². The van der Waals surface area contributed by atoms with Crippen molar-refractivity contribution in [3.63, 3.8) is 0 Å². The number of sulfonamides is 1. The van der Waals surface area contributed by atoms with E-state index < -0.39 is 28.1 Å². The SMILES string of the molecule is COC(=O)[C@@H]1C[C@@H](O)CN1S(=O)(=O)c1ccccc1Br. The highest BCUT2D eigenvalue weighted by molar-refractivity contribution is 9.10. The number of ether oxygens (including phenoxy) is 1. The van der Waals surface area contributed by atoms with Crippen LogP contribution >= 0.6 is 15.9 Å². The van der Waals surface area contributed by atoms with E-state index in [1.807, 2.05) is 0 Å². The first-order valence-corrected chi connectivity index (χ1v) is 8.13. The second-order valence-electron chi connectivity index (χ2n) is 4.43. The minimum absolute atomic E-state index is 0.0381. The number of aliphatic hydroxyl groups excluding tert-OH is 1. The first-order valence-electron chi connectivity index (χ1n) is 5.90. The van der Waals surface area contributed by atoms with Gasteiger partial charge in [0.05, 0.1) is 18.1 Å². The van der Waals surface area contributed by atoms with Crippen LogP contribution in [-0.4, -0.2) is 49.6 Å². The summed E-state index contributed by atoms with van der Waals surface area (Å²) in [5.41, 5.74) is 0. The number of aliphatic hydroxyl groups is 1. The Morgan fingerprint density at radius 3 is 2.70 bits per heavy atom. The van der Waals surface area contributed by atoms with Gasteiger partial charge in [-0.15, -0.1) is 0 Å². The number of hydrogen-bond acceptors (Lipinski definition) is 5. The summed E-state index contributed by atoms with van der Waals surface area (Å²) >= 11 is 3.18. The third-order valence-electron chi connectivity index (χ3n) is 3.13. The molecule has 20 heavy (non-hydrogen) atoms. The topological polar surface area (TPSA) is 83.9 Å². The lowest BCUT2D eigenvalue weighted by Gasteiger charge is -2.22. The van der Waals surface area contributed by atoms with Gasteiger partial charge < -0.3 is 9.84 Å². The third kappa shape index (κ3) is 2.73. The molecule has 1 aromatic carbocycles. The molecular weight excluding hydrogens is 350 g/mol. The average molecular weight is 364 g/mol. The van der Waals surface area contributed by atoms with Crippen molar-refractivity contribution in [1.29, 1.82) is 0 Å². The predicted molar refractivity (Wildman–Crippen MR) is 74.5 cm³/mol. The number of carbonyl (C=O) groups is 1. The molecule has 1 aromatic rings. The largest absolute Gasteiger partial charge is 0.468 e. The molecule has 1 aliphatic rings. The van der Waals surface area contributed by atoms with E-state index in [1.54, 1.807) is 18.2 Å². The monoisotopic (exact) mass is 363 g/mol. The average Bonchev–Trinajstić information content (AvgIpc) is 2.81. The van der Waals surface area contributed by atoms with Gasteiger partial charge >= 0.3 is 5.97 Å². The van der Waals surface area contributed by atoms with Crippen molar-refractivity contribution in [1.82, 2.24) is 4.31 Å². The van der Waals surface area contributed by atoms with Gasteiger partial charge in [-0.25, -0.2) is 8.42 Å². The summed E-state index contributed by atoms with van der Waals surface area (Å²) in [6.45, 7) is -0.122. The third-order valence-corrected chi connectivity index (χ3v) is 6.02. The molecule has 0 saturated carbocycles. The second-order valence-corrected chi connectivity index (χ2v) is 7.15. The molecule has 0 radical (unpaired) electrons. The number of halogens is 1. The van der Waals surface area contributed by atoms with Gasteiger partial charge in [-0.1, -0.05) is 12.1 Å². The first-order chi connectivity index (χ1) is 9.37.